The highest BCUT2D eigenvalue weighted by atomic mass is 79.9. The molecule has 1 aliphatic rings. The Morgan fingerprint density at radius 2 is 2.00 bits per heavy atom. The Labute approximate surface area is 163 Å². The second-order valence-corrected chi connectivity index (χ2v) is 7.58. The van der Waals surface area contributed by atoms with Crippen LogP contribution in [0.15, 0.2) is 38.3 Å². The van der Waals surface area contributed by atoms with Crippen molar-refractivity contribution in [2.24, 2.45) is 4.99 Å². The van der Waals surface area contributed by atoms with E-state index >= 15 is 0 Å². The Kier molecular flexibility index (Phi) is 6.32. The predicted molar refractivity (Wildman–Crippen MR) is 107 cm³/mol. The molecule has 0 atom stereocenters. The van der Waals surface area contributed by atoms with Gasteiger partial charge < -0.3 is 14.7 Å². The largest absolute Gasteiger partial charge is 0.361 e. The predicted octanol–water partition coefficient (Wildman–Crippen LogP) is 2.95. The van der Waals surface area contributed by atoms with Crippen LogP contribution in [-0.4, -0.2) is 54.1 Å². The van der Waals surface area contributed by atoms with Crippen LogP contribution in [0.5, 0.6) is 0 Å². The lowest BCUT2D eigenvalue weighted by Gasteiger charge is -2.36. The van der Waals surface area contributed by atoms with Crippen LogP contribution >= 0.6 is 15.9 Å². The van der Waals surface area contributed by atoms with Crippen molar-refractivity contribution in [3.63, 3.8) is 0 Å². The minimum atomic E-state index is 0.782. The van der Waals surface area contributed by atoms with E-state index in [2.05, 4.69) is 66.3 Å². The molecule has 7 heteroatoms. The smallest absolute Gasteiger partial charge is 0.194 e. The van der Waals surface area contributed by atoms with Gasteiger partial charge in [0.1, 0.15) is 5.76 Å². The van der Waals surface area contributed by atoms with Crippen molar-refractivity contribution in [2.75, 3.05) is 33.2 Å². The van der Waals surface area contributed by atoms with E-state index in [9.17, 15) is 0 Å². The molecule has 1 aliphatic heterocycles. The molecule has 1 N–H and O–H groups in total. The molecule has 6 nitrogen and oxygen atoms in total. The van der Waals surface area contributed by atoms with Crippen molar-refractivity contribution >= 4 is 21.9 Å². The lowest BCUT2D eigenvalue weighted by atomic mass is 10.1. The summed E-state index contributed by atoms with van der Waals surface area (Å²) in [5.74, 6) is 1.83. The Morgan fingerprint density at radius 3 is 2.62 bits per heavy atom. The zero-order valence-corrected chi connectivity index (χ0v) is 17.2. The Balaban J connectivity index is 1.50. The van der Waals surface area contributed by atoms with Crippen LogP contribution in [0.3, 0.4) is 0 Å². The van der Waals surface area contributed by atoms with Gasteiger partial charge >= 0.3 is 0 Å². The molecule has 0 unspecified atom stereocenters. The van der Waals surface area contributed by atoms with Crippen LogP contribution in [-0.2, 0) is 13.1 Å². The number of nitrogens with zero attached hydrogens (tertiary/aromatic N) is 4. The quantitative estimate of drug-likeness (QED) is 0.609. The van der Waals surface area contributed by atoms with Crippen molar-refractivity contribution in [3.05, 3.63) is 51.3 Å². The molecule has 1 aromatic carbocycles. The first-order valence-corrected chi connectivity index (χ1v) is 9.69. The number of benzene rings is 1. The van der Waals surface area contributed by atoms with E-state index in [4.69, 9.17) is 4.52 Å². The van der Waals surface area contributed by atoms with Crippen LogP contribution < -0.4 is 5.32 Å². The standard InChI is InChI=1S/C19H26BrN5O/c1-14-10-17(20)5-4-16(14)12-22-19(21-3)25-8-6-24(7-9-25)13-18-11-15(2)26-23-18/h4-5,10-11H,6-9,12-13H2,1-3H3,(H,21,22). The van der Waals surface area contributed by atoms with Gasteiger partial charge in [-0.3, -0.25) is 9.89 Å². The van der Waals surface area contributed by atoms with Gasteiger partial charge in [-0.05, 0) is 37.1 Å². The molecule has 0 radical (unpaired) electrons. The van der Waals surface area contributed by atoms with E-state index in [1.807, 2.05) is 20.0 Å². The maximum atomic E-state index is 5.15. The summed E-state index contributed by atoms with van der Waals surface area (Å²) in [5.41, 5.74) is 3.56. The Morgan fingerprint density at radius 1 is 1.23 bits per heavy atom. The molecule has 0 aliphatic carbocycles. The third-order valence-corrected chi connectivity index (χ3v) is 5.18. The van der Waals surface area contributed by atoms with E-state index in [0.717, 1.165) is 61.2 Å². The van der Waals surface area contributed by atoms with Gasteiger partial charge in [0.25, 0.3) is 0 Å². The lowest BCUT2D eigenvalue weighted by Crippen LogP contribution is -2.52. The summed E-state index contributed by atoms with van der Waals surface area (Å²) in [6, 6.07) is 8.38. The van der Waals surface area contributed by atoms with Crippen molar-refractivity contribution < 1.29 is 4.52 Å². The molecule has 140 valence electrons. The minimum absolute atomic E-state index is 0.782. The lowest BCUT2D eigenvalue weighted by molar-refractivity contribution is 0.169. The topological polar surface area (TPSA) is 56.9 Å². The highest BCUT2D eigenvalue weighted by Crippen LogP contribution is 2.16. The first-order valence-electron chi connectivity index (χ1n) is 8.90. The molecule has 0 saturated carbocycles. The molecule has 1 saturated heterocycles. The van der Waals surface area contributed by atoms with Gasteiger partial charge in [-0.25, -0.2) is 0 Å². The number of aryl methyl sites for hydroxylation is 2. The van der Waals surface area contributed by atoms with Crippen LogP contribution in [0.25, 0.3) is 0 Å². The molecule has 0 amide bonds. The summed E-state index contributed by atoms with van der Waals surface area (Å²) >= 11 is 3.52. The number of aromatic nitrogens is 1. The first kappa shape index (κ1) is 18.9. The molecule has 0 bridgehead atoms. The number of nitrogens with one attached hydrogen (secondary N) is 1. The third kappa shape index (κ3) is 4.86. The summed E-state index contributed by atoms with van der Waals surface area (Å²) in [6.45, 7) is 9.57. The molecule has 1 aromatic heterocycles. The van der Waals surface area contributed by atoms with Crippen LogP contribution in [0, 0.1) is 13.8 Å². The van der Waals surface area contributed by atoms with E-state index in [0.29, 0.717) is 0 Å². The molecule has 26 heavy (non-hydrogen) atoms. The van der Waals surface area contributed by atoms with Gasteiger partial charge in [0.15, 0.2) is 5.96 Å². The van der Waals surface area contributed by atoms with E-state index in [1.165, 1.54) is 11.1 Å². The SMILES string of the molecule is CN=C(NCc1ccc(Br)cc1C)N1CCN(Cc2cc(C)on2)CC1. The van der Waals surface area contributed by atoms with Crippen LogP contribution in [0.2, 0.25) is 0 Å². The third-order valence-electron chi connectivity index (χ3n) is 4.69. The monoisotopic (exact) mass is 419 g/mol. The number of halogens is 1. The number of guanidine groups is 1. The van der Waals surface area contributed by atoms with E-state index in [1.54, 1.807) is 0 Å². The summed E-state index contributed by atoms with van der Waals surface area (Å²) in [4.78, 5) is 9.18. The Hall–Kier alpha value is -1.86. The average Bonchev–Trinajstić information content (AvgIpc) is 3.03. The molecule has 2 aromatic rings. The summed E-state index contributed by atoms with van der Waals surface area (Å²) < 4.78 is 6.27. The van der Waals surface area contributed by atoms with Crippen LogP contribution in [0.1, 0.15) is 22.6 Å². The average molecular weight is 420 g/mol. The van der Waals surface area contributed by atoms with Crippen molar-refractivity contribution in [2.45, 2.75) is 26.9 Å². The zero-order chi connectivity index (χ0) is 18.5. The van der Waals surface area contributed by atoms with Gasteiger partial charge in [0, 0.05) is 56.9 Å². The number of aliphatic imine (C=N–C) groups is 1. The van der Waals surface area contributed by atoms with Gasteiger partial charge in [0.05, 0.1) is 5.69 Å². The molecule has 0 spiro atoms. The fraction of sp³-hybridized carbons (Fsp3) is 0.474. The van der Waals surface area contributed by atoms with Crippen LogP contribution in [0.4, 0.5) is 0 Å². The highest BCUT2D eigenvalue weighted by Gasteiger charge is 2.20. The molecular weight excluding hydrogens is 394 g/mol. The highest BCUT2D eigenvalue weighted by molar-refractivity contribution is 9.10. The van der Waals surface area contributed by atoms with Gasteiger partial charge in [-0.1, -0.05) is 27.2 Å². The maximum Gasteiger partial charge on any atom is 0.194 e. The molecule has 3 rings (SSSR count). The fourth-order valence-electron chi connectivity index (χ4n) is 3.20. The molecular formula is C19H26BrN5O. The van der Waals surface area contributed by atoms with E-state index < -0.39 is 0 Å². The van der Waals surface area contributed by atoms with E-state index in [-0.39, 0.29) is 0 Å². The second kappa shape index (κ2) is 8.68. The summed E-state index contributed by atoms with van der Waals surface area (Å²) in [5, 5.41) is 7.59. The summed E-state index contributed by atoms with van der Waals surface area (Å²) in [6.07, 6.45) is 0. The van der Waals surface area contributed by atoms with Crippen molar-refractivity contribution in [1.29, 1.82) is 0 Å². The number of hydrogen-bond acceptors (Lipinski definition) is 4. The first-order chi connectivity index (χ1) is 12.5. The van der Waals surface area contributed by atoms with Crippen molar-refractivity contribution in [1.82, 2.24) is 20.3 Å². The maximum absolute atomic E-state index is 5.15. The Bertz CT molecular complexity index is 765. The molecule has 2 heterocycles. The normalized spacial score (nSPS) is 16.2. The van der Waals surface area contributed by atoms with Gasteiger partial charge in [-0.2, -0.15) is 0 Å². The van der Waals surface area contributed by atoms with Gasteiger partial charge in [0.2, 0.25) is 0 Å². The summed E-state index contributed by atoms with van der Waals surface area (Å²) in [7, 11) is 1.85. The second-order valence-electron chi connectivity index (χ2n) is 6.66. The fourth-order valence-corrected chi connectivity index (χ4v) is 3.68. The number of hydrogen-bond donors (Lipinski definition) is 1. The minimum Gasteiger partial charge on any atom is -0.361 e. The zero-order valence-electron chi connectivity index (χ0n) is 15.6. The molecule has 1 fully saturated rings. The van der Waals surface area contributed by atoms with Crippen molar-refractivity contribution in [3.8, 4) is 0 Å². The van der Waals surface area contributed by atoms with Gasteiger partial charge in [-0.15, -0.1) is 0 Å². The number of rotatable bonds is 4. The number of piperazine rings is 1.